The number of unbranched alkanes of at least 4 members (excludes halogenated alkanes) is 1. The zero-order chi connectivity index (χ0) is 11.4. The van der Waals surface area contributed by atoms with Crippen LogP contribution < -0.4 is 0 Å². The molecule has 1 rings (SSSR count). The van der Waals surface area contributed by atoms with Crippen molar-refractivity contribution in [2.24, 2.45) is 17.8 Å². The normalized spacial score (nSPS) is 41.8. The lowest BCUT2D eigenvalue weighted by atomic mass is 9.72. The van der Waals surface area contributed by atoms with Crippen molar-refractivity contribution in [1.29, 1.82) is 0 Å². The number of aliphatic hydroxyl groups excluding tert-OH is 1. The summed E-state index contributed by atoms with van der Waals surface area (Å²) in [7, 11) is 0. The minimum Gasteiger partial charge on any atom is -0.390 e. The third-order valence-corrected chi connectivity index (χ3v) is 4.08. The quantitative estimate of drug-likeness (QED) is 0.729. The van der Waals surface area contributed by atoms with Crippen molar-refractivity contribution in [3.05, 3.63) is 0 Å². The summed E-state index contributed by atoms with van der Waals surface area (Å²) in [4.78, 5) is 0. The van der Waals surface area contributed by atoms with Gasteiger partial charge in [0, 0.05) is 6.61 Å². The Morgan fingerprint density at radius 2 is 1.87 bits per heavy atom. The van der Waals surface area contributed by atoms with E-state index in [9.17, 15) is 5.11 Å². The molecule has 0 spiro atoms. The van der Waals surface area contributed by atoms with Crippen LogP contribution in [0.4, 0.5) is 0 Å². The fraction of sp³-hybridized carbons (Fsp3) is 1.00. The molecule has 90 valence electrons. The van der Waals surface area contributed by atoms with E-state index in [4.69, 9.17) is 4.74 Å². The van der Waals surface area contributed by atoms with Gasteiger partial charge in [-0.1, -0.05) is 34.1 Å². The highest BCUT2D eigenvalue weighted by molar-refractivity contribution is 4.87. The first-order valence-corrected chi connectivity index (χ1v) is 6.37. The number of rotatable bonds is 4. The zero-order valence-corrected chi connectivity index (χ0v) is 10.6. The van der Waals surface area contributed by atoms with E-state index >= 15 is 0 Å². The summed E-state index contributed by atoms with van der Waals surface area (Å²) in [6.07, 6.45) is 3.06. The molecule has 1 N–H and O–H groups in total. The summed E-state index contributed by atoms with van der Waals surface area (Å²) in [5.41, 5.74) is 0. The average molecular weight is 214 g/mol. The van der Waals surface area contributed by atoms with E-state index in [0.717, 1.165) is 25.9 Å². The number of hydrogen-bond acceptors (Lipinski definition) is 2. The predicted octanol–water partition coefficient (Wildman–Crippen LogP) is 2.84. The van der Waals surface area contributed by atoms with E-state index in [0.29, 0.717) is 17.8 Å². The highest BCUT2D eigenvalue weighted by Gasteiger charge is 2.37. The Kier molecular flexibility index (Phi) is 5.07. The molecule has 1 aliphatic rings. The molecule has 5 unspecified atom stereocenters. The first kappa shape index (κ1) is 13.0. The van der Waals surface area contributed by atoms with Crippen LogP contribution in [0.1, 0.15) is 47.0 Å². The molecule has 1 saturated carbocycles. The first-order valence-electron chi connectivity index (χ1n) is 6.37. The molecule has 0 saturated heterocycles. The van der Waals surface area contributed by atoms with Gasteiger partial charge in [-0.2, -0.15) is 0 Å². The van der Waals surface area contributed by atoms with Crippen molar-refractivity contribution in [1.82, 2.24) is 0 Å². The second-order valence-corrected chi connectivity index (χ2v) is 5.18. The van der Waals surface area contributed by atoms with Crippen LogP contribution in [0.15, 0.2) is 0 Å². The van der Waals surface area contributed by atoms with Gasteiger partial charge in [0.1, 0.15) is 0 Å². The summed E-state index contributed by atoms with van der Waals surface area (Å²) in [6, 6.07) is 0. The van der Waals surface area contributed by atoms with Gasteiger partial charge in [0.25, 0.3) is 0 Å². The summed E-state index contributed by atoms with van der Waals surface area (Å²) >= 11 is 0. The van der Waals surface area contributed by atoms with Crippen molar-refractivity contribution in [3.63, 3.8) is 0 Å². The van der Waals surface area contributed by atoms with Gasteiger partial charge in [-0.3, -0.25) is 0 Å². The van der Waals surface area contributed by atoms with Crippen LogP contribution in [0.2, 0.25) is 0 Å². The lowest BCUT2D eigenvalue weighted by Crippen LogP contribution is -2.45. The van der Waals surface area contributed by atoms with Crippen LogP contribution in [0.3, 0.4) is 0 Å². The van der Waals surface area contributed by atoms with Crippen molar-refractivity contribution in [3.8, 4) is 0 Å². The van der Waals surface area contributed by atoms with Gasteiger partial charge >= 0.3 is 0 Å². The monoisotopic (exact) mass is 214 g/mol. The molecular weight excluding hydrogens is 188 g/mol. The molecule has 15 heavy (non-hydrogen) atoms. The van der Waals surface area contributed by atoms with Crippen LogP contribution in [0, 0.1) is 17.8 Å². The predicted molar refractivity (Wildman–Crippen MR) is 62.8 cm³/mol. The van der Waals surface area contributed by atoms with Crippen molar-refractivity contribution >= 4 is 0 Å². The summed E-state index contributed by atoms with van der Waals surface area (Å²) in [5.74, 6) is 1.63. The largest absolute Gasteiger partial charge is 0.390 e. The highest BCUT2D eigenvalue weighted by atomic mass is 16.5. The molecule has 0 aromatic carbocycles. The van der Waals surface area contributed by atoms with E-state index in [1.807, 2.05) is 0 Å². The van der Waals surface area contributed by atoms with Crippen LogP contribution in [0.5, 0.6) is 0 Å². The first-order chi connectivity index (χ1) is 7.07. The molecule has 0 heterocycles. The second kappa shape index (κ2) is 5.86. The Morgan fingerprint density at radius 3 is 2.47 bits per heavy atom. The van der Waals surface area contributed by atoms with E-state index in [2.05, 4.69) is 27.7 Å². The van der Waals surface area contributed by atoms with Crippen molar-refractivity contribution in [2.45, 2.75) is 59.2 Å². The molecule has 0 aromatic rings. The van der Waals surface area contributed by atoms with Gasteiger partial charge in [0.05, 0.1) is 12.2 Å². The molecule has 5 atom stereocenters. The molecule has 2 heteroatoms. The van der Waals surface area contributed by atoms with Gasteiger partial charge < -0.3 is 9.84 Å². The standard InChI is InChI=1S/C13H26O2/c1-5-6-7-15-12-8-9(2)10(3)11(4)13(12)14/h9-14H,5-8H2,1-4H3. The highest BCUT2D eigenvalue weighted by Crippen LogP contribution is 2.35. The SMILES string of the molecule is CCCCOC1CC(C)C(C)C(C)C1O. The van der Waals surface area contributed by atoms with Crippen molar-refractivity contribution in [2.75, 3.05) is 6.61 Å². The molecular formula is C13H26O2. The minimum absolute atomic E-state index is 0.0674. The molecule has 0 radical (unpaired) electrons. The van der Waals surface area contributed by atoms with Crippen LogP contribution in [0.25, 0.3) is 0 Å². The lowest BCUT2D eigenvalue weighted by molar-refractivity contribution is -0.110. The molecule has 0 amide bonds. The lowest BCUT2D eigenvalue weighted by Gasteiger charge is -2.41. The fourth-order valence-corrected chi connectivity index (χ4v) is 2.43. The smallest absolute Gasteiger partial charge is 0.0839 e. The number of ether oxygens (including phenoxy) is 1. The van der Waals surface area contributed by atoms with Gasteiger partial charge in [0.15, 0.2) is 0 Å². The van der Waals surface area contributed by atoms with Crippen LogP contribution in [-0.2, 0) is 4.74 Å². The van der Waals surface area contributed by atoms with Crippen molar-refractivity contribution < 1.29 is 9.84 Å². The Morgan fingerprint density at radius 1 is 1.20 bits per heavy atom. The van der Waals surface area contributed by atoms with Gasteiger partial charge in [0.2, 0.25) is 0 Å². The Labute approximate surface area is 94.0 Å². The van der Waals surface area contributed by atoms with E-state index in [1.165, 1.54) is 0 Å². The summed E-state index contributed by atoms with van der Waals surface area (Å²) in [6.45, 7) is 9.60. The summed E-state index contributed by atoms with van der Waals surface area (Å²) in [5, 5.41) is 10.1. The summed E-state index contributed by atoms with van der Waals surface area (Å²) < 4.78 is 5.77. The average Bonchev–Trinajstić information content (AvgIpc) is 2.23. The zero-order valence-electron chi connectivity index (χ0n) is 10.6. The maximum absolute atomic E-state index is 10.1. The van der Waals surface area contributed by atoms with Gasteiger partial charge in [-0.05, 0) is 30.6 Å². The topological polar surface area (TPSA) is 29.5 Å². The van der Waals surface area contributed by atoms with Gasteiger partial charge in [-0.25, -0.2) is 0 Å². The molecule has 0 aromatic heterocycles. The Bertz CT molecular complexity index is 181. The molecule has 2 nitrogen and oxygen atoms in total. The number of aliphatic hydroxyl groups is 1. The molecule has 1 aliphatic carbocycles. The number of hydrogen-bond donors (Lipinski definition) is 1. The molecule has 0 aliphatic heterocycles. The second-order valence-electron chi connectivity index (χ2n) is 5.18. The third kappa shape index (κ3) is 3.18. The van der Waals surface area contributed by atoms with Gasteiger partial charge in [-0.15, -0.1) is 0 Å². The maximum Gasteiger partial charge on any atom is 0.0839 e. The Balaban J connectivity index is 2.43. The van der Waals surface area contributed by atoms with Crippen LogP contribution >= 0.6 is 0 Å². The molecule has 1 fully saturated rings. The van der Waals surface area contributed by atoms with Crippen LogP contribution in [-0.4, -0.2) is 23.9 Å². The Hall–Kier alpha value is -0.0800. The van der Waals surface area contributed by atoms with E-state index in [1.54, 1.807) is 0 Å². The third-order valence-electron chi connectivity index (χ3n) is 4.08. The maximum atomic E-state index is 10.1. The molecule has 0 bridgehead atoms. The van der Waals surface area contributed by atoms with E-state index < -0.39 is 0 Å². The fourth-order valence-electron chi connectivity index (χ4n) is 2.43. The minimum atomic E-state index is -0.270. The van der Waals surface area contributed by atoms with E-state index in [-0.39, 0.29) is 12.2 Å².